The lowest BCUT2D eigenvalue weighted by molar-refractivity contribution is 0.141. The molecule has 2 atom stereocenters. The lowest BCUT2D eigenvalue weighted by atomic mass is 9.79. The second kappa shape index (κ2) is 5.79. The molecule has 0 bridgehead atoms. The van der Waals surface area contributed by atoms with Crippen LogP contribution in [0.25, 0.3) is 5.65 Å². The third-order valence-electron chi connectivity index (χ3n) is 4.37. The predicted molar refractivity (Wildman–Crippen MR) is 78.7 cm³/mol. The molecule has 2 N–H and O–H groups in total. The van der Waals surface area contributed by atoms with Crippen LogP contribution in [0.5, 0.6) is 0 Å². The zero-order valence-electron chi connectivity index (χ0n) is 11.9. The Kier molecular flexibility index (Phi) is 3.87. The maximum Gasteiger partial charge on any atom is 0.157 e. The maximum atomic E-state index is 9.49. The van der Waals surface area contributed by atoms with E-state index in [1.165, 1.54) is 24.8 Å². The van der Waals surface area contributed by atoms with Gasteiger partial charge in [0.25, 0.3) is 0 Å². The summed E-state index contributed by atoms with van der Waals surface area (Å²) in [6.07, 6.45) is 6.45. The van der Waals surface area contributed by atoms with Crippen molar-refractivity contribution in [2.24, 2.45) is 11.8 Å². The highest BCUT2D eigenvalue weighted by atomic mass is 16.3. The largest absolute Gasteiger partial charge is 0.396 e. The predicted octanol–water partition coefficient (Wildman–Crippen LogP) is 2.25. The molecule has 2 heterocycles. The van der Waals surface area contributed by atoms with E-state index in [1.807, 2.05) is 10.6 Å². The van der Waals surface area contributed by atoms with Gasteiger partial charge in [0.15, 0.2) is 5.65 Å². The second-order valence-corrected chi connectivity index (χ2v) is 5.82. The third-order valence-corrected chi connectivity index (χ3v) is 4.37. The molecular weight excluding hydrogens is 252 g/mol. The number of fused-ring (bicyclic) bond motifs is 1. The van der Waals surface area contributed by atoms with Crippen LogP contribution >= 0.6 is 0 Å². The van der Waals surface area contributed by atoms with Crippen molar-refractivity contribution in [2.75, 3.05) is 18.5 Å². The van der Waals surface area contributed by atoms with Gasteiger partial charge in [-0.05, 0) is 49.3 Å². The molecule has 0 saturated heterocycles. The van der Waals surface area contributed by atoms with Crippen molar-refractivity contribution in [3.8, 4) is 0 Å². The SMILES string of the molecule is Cc1cc(NCC2CCCCC2CO)n2ncnc2c1. The fraction of sp³-hybridized carbons (Fsp3) is 0.600. The molecule has 1 aliphatic rings. The number of hydrogen-bond donors (Lipinski definition) is 2. The van der Waals surface area contributed by atoms with Gasteiger partial charge in [-0.15, -0.1) is 0 Å². The Balaban J connectivity index is 1.74. The zero-order valence-corrected chi connectivity index (χ0v) is 11.9. The third kappa shape index (κ3) is 2.63. The van der Waals surface area contributed by atoms with E-state index < -0.39 is 0 Å². The molecule has 2 aromatic rings. The van der Waals surface area contributed by atoms with Crippen molar-refractivity contribution >= 4 is 11.5 Å². The normalized spacial score (nSPS) is 23.1. The summed E-state index contributed by atoms with van der Waals surface area (Å²) >= 11 is 0. The molecule has 1 saturated carbocycles. The van der Waals surface area contributed by atoms with Crippen LogP contribution in [0.3, 0.4) is 0 Å². The standard InChI is InChI=1S/C15H22N4O/c1-11-6-14(19-15(7-11)17-10-18-19)16-8-12-4-2-3-5-13(12)9-20/h6-7,10,12-13,16,20H,2-5,8-9H2,1H3. The fourth-order valence-corrected chi connectivity index (χ4v) is 3.21. The summed E-state index contributed by atoms with van der Waals surface area (Å²) in [4.78, 5) is 4.24. The average molecular weight is 274 g/mol. The van der Waals surface area contributed by atoms with Crippen LogP contribution in [-0.4, -0.2) is 32.9 Å². The Morgan fingerprint density at radius 1 is 1.30 bits per heavy atom. The summed E-state index contributed by atoms with van der Waals surface area (Å²) in [6.45, 7) is 3.26. The van der Waals surface area contributed by atoms with Crippen LogP contribution in [-0.2, 0) is 0 Å². The molecular formula is C15H22N4O. The molecule has 2 aromatic heterocycles. The van der Waals surface area contributed by atoms with Gasteiger partial charge in [0.2, 0.25) is 0 Å². The van der Waals surface area contributed by atoms with E-state index in [4.69, 9.17) is 0 Å². The number of aliphatic hydroxyl groups excluding tert-OH is 1. The minimum absolute atomic E-state index is 0.304. The highest BCUT2D eigenvalue weighted by Crippen LogP contribution is 2.30. The zero-order chi connectivity index (χ0) is 13.9. The van der Waals surface area contributed by atoms with Gasteiger partial charge in [-0.3, -0.25) is 0 Å². The summed E-state index contributed by atoms with van der Waals surface area (Å²) in [5.41, 5.74) is 2.05. The number of aliphatic hydroxyl groups is 1. The molecule has 20 heavy (non-hydrogen) atoms. The molecule has 3 rings (SSSR count). The van der Waals surface area contributed by atoms with E-state index in [0.29, 0.717) is 18.4 Å². The topological polar surface area (TPSA) is 62.5 Å². The van der Waals surface area contributed by atoms with Gasteiger partial charge in [0.05, 0.1) is 0 Å². The molecule has 0 aromatic carbocycles. The molecule has 0 amide bonds. The Morgan fingerprint density at radius 2 is 2.10 bits per heavy atom. The first-order chi connectivity index (χ1) is 9.78. The molecule has 108 valence electrons. The Bertz CT molecular complexity index is 580. The van der Waals surface area contributed by atoms with Crippen LogP contribution in [0, 0.1) is 18.8 Å². The first-order valence-corrected chi connectivity index (χ1v) is 7.43. The minimum Gasteiger partial charge on any atom is -0.396 e. The first-order valence-electron chi connectivity index (χ1n) is 7.43. The smallest absolute Gasteiger partial charge is 0.157 e. The van der Waals surface area contributed by atoms with Gasteiger partial charge >= 0.3 is 0 Å². The number of pyridine rings is 1. The average Bonchev–Trinajstić information content (AvgIpc) is 2.93. The van der Waals surface area contributed by atoms with Gasteiger partial charge in [-0.1, -0.05) is 12.8 Å². The molecule has 2 unspecified atom stereocenters. The molecule has 0 radical (unpaired) electrons. The molecule has 0 aliphatic heterocycles. The summed E-state index contributed by atoms with van der Waals surface area (Å²) in [6, 6.07) is 4.12. The van der Waals surface area contributed by atoms with Crippen LogP contribution < -0.4 is 5.32 Å². The van der Waals surface area contributed by atoms with Crippen molar-refractivity contribution in [1.29, 1.82) is 0 Å². The van der Waals surface area contributed by atoms with Crippen molar-refractivity contribution in [2.45, 2.75) is 32.6 Å². The maximum absolute atomic E-state index is 9.49. The van der Waals surface area contributed by atoms with Gasteiger partial charge in [-0.25, -0.2) is 4.98 Å². The molecule has 1 aliphatic carbocycles. The molecule has 1 fully saturated rings. The summed E-state index contributed by atoms with van der Waals surface area (Å²) in [5.74, 6) is 1.97. The quantitative estimate of drug-likeness (QED) is 0.897. The Morgan fingerprint density at radius 3 is 2.90 bits per heavy atom. The number of nitrogens with one attached hydrogen (secondary N) is 1. The molecule has 5 nitrogen and oxygen atoms in total. The summed E-state index contributed by atoms with van der Waals surface area (Å²) in [7, 11) is 0. The minimum atomic E-state index is 0.304. The lowest BCUT2D eigenvalue weighted by Gasteiger charge is -2.30. The number of aryl methyl sites for hydroxylation is 1. The summed E-state index contributed by atoms with van der Waals surface area (Å²) < 4.78 is 1.84. The fourth-order valence-electron chi connectivity index (χ4n) is 3.21. The van der Waals surface area contributed by atoms with Crippen molar-refractivity contribution < 1.29 is 5.11 Å². The summed E-state index contributed by atoms with van der Waals surface area (Å²) in [5, 5.41) is 17.2. The monoisotopic (exact) mass is 274 g/mol. The van der Waals surface area contributed by atoms with Crippen molar-refractivity contribution in [1.82, 2.24) is 14.6 Å². The van der Waals surface area contributed by atoms with E-state index in [2.05, 4.69) is 28.4 Å². The number of aromatic nitrogens is 3. The van der Waals surface area contributed by atoms with E-state index in [9.17, 15) is 5.11 Å². The van der Waals surface area contributed by atoms with Gasteiger partial charge < -0.3 is 10.4 Å². The van der Waals surface area contributed by atoms with Crippen LogP contribution in [0.1, 0.15) is 31.2 Å². The number of anilines is 1. The first kappa shape index (κ1) is 13.4. The van der Waals surface area contributed by atoms with Crippen molar-refractivity contribution in [3.63, 3.8) is 0 Å². The Labute approximate surface area is 119 Å². The number of nitrogens with zero attached hydrogens (tertiary/aromatic N) is 3. The van der Waals surface area contributed by atoms with Gasteiger partial charge in [0.1, 0.15) is 12.1 Å². The van der Waals surface area contributed by atoms with Crippen LogP contribution in [0.15, 0.2) is 18.5 Å². The molecule has 5 heteroatoms. The lowest BCUT2D eigenvalue weighted by Crippen LogP contribution is -2.29. The number of hydrogen-bond acceptors (Lipinski definition) is 4. The van der Waals surface area contributed by atoms with Crippen LogP contribution in [0.2, 0.25) is 0 Å². The number of rotatable bonds is 4. The Hall–Kier alpha value is -1.62. The van der Waals surface area contributed by atoms with Gasteiger partial charge in [-0.2, -0.15) is 9.61 Å². The van der Waals surface area contributed by atoms with E-state index in [0.717, 1.165) is 24.4 Å². The van der Waals surface area contributed by atoms with E-state index in [1.54, 1.807) is 6.33 Å². The van der Waals surface area contributed by atoms with Crippen molar-refractivity contribution in [3.05, 3.63) is 24.0 Å². The second-order valence-electron chi connectivity index (χ2n) is 5.82. The molecule has 0 spiro atoms. The van der Waals surface area contributed by atoms with E-state index in [-0.39, 0.29) is 0 Å². The highest BCUT2D eigenvalue weighted by molar-refractivity contribution is 5.51. The van der Waals surface area contributed by atoms with Gasteiger partial charge in [0, 0.05) is 13.2 Å². The highest BCUT2D eigenvalue weighted by Gasteiger charge is 2.24. The van der Waals surface area contributed by atoms with E-state index >= 15 is 0 Å². The van der Waals surface area contributed by atoms with Crippen LogP contribution in [0.4, 0.5) is 5.82 Å².